The Bertz CT molecular complexity index is 2770. The highest BCUT2D eigenvalue weighted by atomic mass is 16.3. The van der Waals surface area contributed by atoms with Gasteiger partial charge in [0.15, 0.2) is 5.58 Å². The van der Waals surface area contributed by atoms with Gasteiger partial charge >= 0.3 is 0 Å². The van der Waals surface area contributed by atoms with Gasteiger partial charge < -0.3 is 9.32 Å². The maximum Gasteiger partial charge on any atom is 0.159 e. The first-order chi connectivity index (χ1) is 25.1. The molecular weight excluding hydrogens is 619 g/mol. The molecular formula is C49H35NO. The van der Waals surface area contributed by atoms with E-state index in [1.807, 2.05) is 0 Å². The SMILES string of the molecule is CC1(C)c2ccccc2-c2ccc(N(c3ccccc3-c3ccccc3)c3cccc4c3oc3c(-c5ccccc5)c5ccccc5cc34)cc21. The molecule has 0 fully saturated rings. The Morgan fingerprint density at radius 3 is 1.88 bits per heavy atom. The summed E-state index contributed by atoms with van der Waals surface area (Å²) in [4.78, 5) is 2.41. The van der Waals surface area contributed by atoms with Crippen LogP contribution in [0.2, 0.25) is 0 Å². The molecule has 0 bridgehead atoms. The molecule has 0 saturated heterocycles. The van der Waals surface area contributed by atoms with Crippen molar-refractivity contribution in [2.45, 2.75) is 19.3 Å². The van der Waals surface area contributed by atoms with Crippen molar-refractivity contribution in [3.63, 3.8) is 0 Å². The summed E-state index contributed by atoms with van der Waals surface area (Å²) >= 11 is 0. The van der Waals surface area contributed by atoms with Gasteiger partial charge in [0.1, 0.15) is 5.58 Å². The topological polar surface area (TPSA) is 16.4 Å². The van der Waals surface area contributed by atoms with Crippen LogP contribution >= 0.6 is 0 Å². The molecule has 2 nitrogen and oxygen atoms in total. The Labute approximate surface area is 297 Å². The van der Waals surface area contributed by atoms with Crippen LogP contribution in [0, 0.1) is 0 Å². The fourth-order valence-electron chi connectivity index (χ4n) is 8.42. The van der Waals surface area contributed by atoms with E-state index in [1.165, 1.54) is 38.6 Å². The molecule has 1 aliphatic carbocycles. The molecule has 2 heteroatoms. The van der Waals surface area contributed by atoms with E-state index in [0.29, 0.717) is 0 Å². The van der Waals surface area contributed by atoms with E-state index in [-0.39, 0.29) is 5.41 Å². The standard InChI is InChI=1S/C49H35NO/c1-49(2)42-25-13-11-23-38(42)39-29-28-35(31-43(39)49)50(44-26-14-12-21-36(44)32-16-5-3-6-17-32)45-27-15-24-40-41-30-34-20-9-10-22-37(34)46(48(41)51-47(40)45)33-18-7-4-8-19-33/h3-31H,1-2H3. The molecule has 8 aromatic carbocycles. The minimum Gasteiger partial charge on any atom is -0.453 e. The minimum absolute atomic E-state index is 0.136. The third kappa shape index (κ3) is 4.50. The van der Waals surface area contributed by atoms with Gasteiger partial charge in [-0.05, 0) is 74.5 Å². The van der Waals surface area contributed by atoms with E-state index in [4.69, 9.17) is 4.42 Å². The summed E-state index contributed by atoms with van der Waals surface area (Å²) in [7, 11) is 0. The molecule has 0 N–H and O–H groups in total. The number of benzene rings is 8. The number of hydrogen-bond donors (Lipinski definition) is 0. The second kappa shape index (κ2) is 11.3. The van der Waals surface area contributed by atoms with Crippen LogP contribution in [0.4, 0.5) is 17.1 Å². The van der Waals surface area contributed by atoms with Gasteiger partial charge in [-0.15, -0.1) is 0 Å². The van der Waals surface area contributed by atoms with E-state index < -0.39 is 0 Å². The van der Waals surface area contributed by atoms with E-state index in [0.717, 1.165) is 55.7 Å². The van der Waals surface area contributed by atoms with Crippen LogP contribution < -0.4 is 4.90 Å². The Morgan fingerprint density at radius 1 is 0.431 bits per heavy atom. The summed E-state index contributed by atoms with van der Waals surface area (Å²) in [6.07, 6.45) is 0. The van der Waals surface area contributed by atoms with Crippen LogP contribution in [0.25, 0.3) is 66.1 Å². The fourth-order valence-corrected chi connectivity index (χ4v) is 8.42. The summed E-state index contributed by atoms with van der Waals surface area (Å²) in [5, 5.41) is 4.60. The lowest BCUT2D eigenvalue weighted by atomic mass is 9.82. The van der Waals surface area contributed by atoms with Gasteiger partial charge in [-0.3, -0.25) is 0 Å². The number of anilines is 3. The van der Waals surface area contributed by atoms with Gasteiger partial charge in [-0.1, -0.05) is 159 Å². The molecule has 1 aromatic heterocycles. The van der Waals surface area contributed by atoms with Crippen molar-refractivity contribution >= 4 is 49.8 Å². The summed E-state index contributed by atoms with van der Waals surface area (Å²) in [5.41, 5.74) is 14.7. The van der Waals surface area contributed by atoms with E-state index in [9.17, 15) is 0 Å². The van der Waals surface area contributed by atoms with Gasteiger partial charge in [-0.25, -0.2) is 0 Å². The number of rotatable bonds is 5. The van der Waals surface area contributed by atoms with Crippen molar-refractivity contribution in [2.75, 3.05) is 4.90 Å². The van der Waals surface area contributed by atoms with Crippen LogP contribution in [-0.4, -0.2) is 0 Å². The Hall–Kier alpha value is -6.38. The maximum atomic E-state index is 7.19. The molecule has 9 aromatic rings. The molecule has 1 aliphatic rings. The maximum absolute atomic E-state index is 7.19. The molecule has 0 amide bonds. The smallest absolute Gasteiger partial charge is 0.159 e. The molecule has 0 saturated carbocycles. The van der Waals surface area contributed by atoms with Crippen LogP contribution in [0.1, 0.15) is 25.0 Å². The Kier molecular flexibility index (Phi) is 6.56. The molecule has 10 rings (SSSR count). The highest BCUT2D eigenvalue weighted by Crippen LogP contribution is 2.52. The predicted octanol–water partition coefficient (Wildman–Crippen LogP) is 13.8. The predicted molar refractivity (Wildman–Crippen MR) is 214 cm³/mol. The van der Waals surface area contributed by atoms with Crippen molar-refractivity contribution < 1.29 is 4.42 Å². The molecule has 0 aliphatic heterocycles. The van der Waals surface area contributed by atoms with Crippen molar-refractivity contribution in [1.29, 1.82) is 0 Å². The van der Waals surface area contributed by atoms with Crippen molar-refractivity contribution in [1.82, 2.24) is 0 Å². The minimum atomic E-state index is -0.136. The second-order valence-corrected chi connectivity index (χ2v) is 14.1. The van der Waals surface area contributed by atoms with Crippen LogP contribution in [-0.2, 0) is 5.41 Å². The molecule has 1 heterocycles. The Balaban J connectivity index is 1.28. The highest BCUT2D eigenvalue weighted by molar-refractivity contribution is 6.20. The first kappa shape index (κ1) is 29.5. The average molecular weight is 654 g/mol. The number of nitrogens with zero attached hydrogens (tertiary/aromatic N) is 1. The Morgan fingerprint density at radius 2 is 1.06 bits per heavy atom. The third-order valence-corrected chi connectivity index (χ3v) is 10.8. The average Bonchev–Trinajstić information content (AvgIpc) is 3.67. The first-order valence-electron chi connectivity index (χ1n) is 17.7. The zero-order valence-electron chi connectivity index (χ0n) is 28.6. The lowest BCUT2D eigenvalue weighted by molar-refractivity contribution is 0.660. The van der Waals surface area contributed by atoms with E-state index in [1.54, 1.807) is 0 Å². The quantitative estimate of drug-likeness (QED) is 0.184. The number of furan rings is 1. The van der Waals surface area contributed by atoms with Crippen LogP contribution in [0.3, 0.4) is 0 Å². The first-order valence-corrected chi connectivity index (χ1v) is 17.7. The summed E-state index contributed by atoms with van der Waals surface area (Å²) in [5.74, 6) is 0. The molecule has 0 radical (unpaired) electrons. The number of fused-ring (bicyclic) bond motifs is 7. The van der Waals surface area contributed by atoms with Gasteiger partial charge in [0.2, 0.25) is 0 Å². The number of hydrogen-bond acceptors (Lipinski definition) is 2. The number of para-hydroxylation sites is 2. The molecule has 51 heavy (non-hydrogen) atoms. The van der Waals surface area contributed by atoms with Crippen molar-refractivity contribution in [2.24, 2.45) is 0 Å². The summed E-state index contributed by atoms with van der Waals surface area (Å²) in [6.45, 7) is 4.69. The van der Waals surface area contributed by atoms with Crippen molar-refractivity contribution in [3.05, 3.63) is 187 Å². The van der Waals surface area contributed by atoms with E-state index in [2.05, 4.69) is 195 Å². The molecule has 0 atom stereocenters. The summed E-state index contributed by atoms with van der Waals surface area (Å²) in [6, 6.07) is 63.4. The van der Waals surface area contributed by atoms with Gasteiger partial charge in [0.05, 0.1) is 11.4 Å². The zero-order chi connectivity index (χ0) is 34.1. The molecule has 0 spiro atoms. The molecule has 242 valence electrons. The van der Waals surface area contributed by atoms with Gasteiger partial charge in [0.25, 0.3) is 0 Å². The fraction of sp³-hybridized carbons (Fsp3) is 0.0612. The molecule has 0 unspecified atom stereocenters. The summed E-state index contributed by atoms with van der Waals surface area (Å²) < 4.78 is 7.19. The highest BCUT2D eigenvalue weighted by Gasteiger charge is 2.36. The largest absolute Gasteiger partial charge is 0.453 e. The lowest BCUT2D eigenvalue weighted by Crippen LogP contribution is -2.17. The zero-order valence-corrected chi connectivity index (χ0v) is 28.6. The van der Waals surface area contributed by atoms with Crippen LogP contribution in [0.15, 0.2) is 180 Å². The van der Waals surface area contributed by atoms with Gasteiger partial charge in [0, 0.05) is 33.0 Å². The van der Waals surface area contributed by atoms with Crippen LogP contribution in [0.5, 0.6) is 0 Å². The monoisotopic (exact) mass is 653 g/mol. The second-order valence-electron chi connectivity index (χ2n) is 14.1. The lowest BCUT2D eigenvalue weighted by Gasteiger charge is -2.29. The van der Waals surface area contributed by atoms with E-state index >= 15 is 0 Å². The third-order valence-electron chi connectivity index (χ3n) is 10.8. The normalized spacial score (nSPS) is 13.1. The van der Waals surface area contributed by atoms with Crippen molar-refractivity contribution in [3.8, 4) is 33.4 Å². The van der Waals surface area contributed by atoms with Gasteiger partial charge in [-0.2, -0.15) is 0 Å².